The molecule has 6 aromatic carbocycles. The second-order valence-corrected chi connectivity index (χ2v) is 26.3. The number of aryl methyl sites for hydroxylation is 2. The van der Waals surface area contributed by atoms with Crippen molar-refractivity contribution in [2.45, 2.75) is 157 Å². The molecule has 0 bridgehead atoms. The number of nitrogens with one attached hydrogen (secondary N) is 2. The summed E-state index contributed by atoms with van der Waals surface area (Å²) in [5.41, 5.74) is 7.75. The molecule has 1 aliphatic heterocycles. The molecular formula is C77H82N12O12. The zero-order chi connectivity index (χ0) is 70.8. The third-order valence-corrected chi connectivity index (χ3v) is 17.2. The Morgan fingerprint density at radius 1 is 0.545 bits per heavy atom. The molecule has 0 spiro atoms. The van der Waals surface area contributed by atoms with E-state index in [4.69, 9.17) is 48.7 Å². The highest BCUT2D eigenvalue weighted by Gasteiger charge is 2.31. The van der Waals surface area contributed by atoms with Crippen molar-refractivity contribution in [3.63, 3.8) is 0 Å². The quantitative estimate of drug-likeness (QED) is 0.0192. The Balaban J connectivity index is 0.598. The Morgan fingerprint density at radius 3 is 1.64 bits per heavy atom. The van der Waals surface area contributed by atoms with E-state index in [1.165, 1.54) is 0 Å². The highest BCUT2D eigenvalue weighted by molar-refractivity contribution is 6.11. The Morgan fingerprint density at radius 2 is 1.06 bits per heavy atom. The van der Waals surface area contributed by atoms with Crippen LogP contribution in [-0.4, -0.2) is 109 Å². The molecule has 5 aromatic heterocycles. The highest BCUT2D eigenvalue weighted by atomic mass is 16.6. The highest BCUT2D eigenvalue weighted by Crippen LogP contribution is 2.42. The third kappa shape index (κ3) is 16.9. The van der Waals surface area contributed by atoms with Gasteiger partial charge in [-0.15, -0.1) is 5.10 Å². The number of nitrogens with zero attached hydrogens (tertiary/aromatic N) is 10. The van der Waals surface area contributed by atoms with Crippen molar-refractivity contribution in [1.82, 2.24) is 44.1 Å². The number of ether oxygens (including phenoxy) is 5. The summed E-state index contributed by atoms with van der Waals surface area (Å²) in [6, 6.07) is 44.5. The van der Waals surface area contributed by atoms with Gasteiger partial charge >= 0.3 is 18.0 Å². The number of carbonyl (C=O) groups excluding carboxylic acids is 5. The van der Waals surface area contributed by atoms with Crippen LogP contribution < -0.4 is 25.0 Å². The number of aromatic nitrogens is 9. The lowest BCUT2D eigenvalue weighted by molar-refractivity contribution is -0.135. The number of para-hydroxylation sites is 3. The van der Waals surface area contributed by atoms with Gasteiger partial charge in [0.1, 0.15) is 59.7 Å². The van der Waals surface area contributed by atoms with Gasteiger partial charge in [0.15, 0.2) is 11.6 Å². The fourth-order valence-electron chi connectivity index (χ4n) is 12.5. The van der Waals surface area contributed by atoms with Crippen LogP contribution in [0.25, 0.3) is 66.4 Å². The van der Waals surface area contributed by atoms with E-state index in [1.54, 1.807) is 69.0 Å². The molecule has 12 rings (SSSR count). The fourth-order valence-corrected chi connectivity index (χ4v) is 12.5. The molecule has 101 heavy (non-hydrogen) atoms. The number of hydrogen-bond acceptors (Lipinski definition) is 18. The van der Waals surface area contributed by atoms with Gasteiger partial charge in [0, 0.05) is 67.3 Å². The Bertz CT molecular complexity index is 4840. The molecule has 24 heteroatoms. The number of esters is 2. The van der Waals surface area contributed by atoms with Crippen molar-refractivity contribution in [2.75, 3.05) is 28.7 Å². The molecule has 4 N–H and O–H groups in total. The van der Waals surface area contributed by atoms with Gasteiger partial charge in [-0.25, -0.2) is 29.4 Å². The van der Waals surface area contributed by atoms with Crippen molar-refractivity contribution < 1.29 is 57.9 Å². The first-order chi connectivity index (χ1) is 48.8. The smallest absolute Gasteiger partial charge is 0.413 e. The predicted octanol–water partition coefficient (Wildman–Crippen LogP) is 13.1. The van der Waals surface area contributed by atoms with Gasteiger partial charge in [-0.2, -0.15) is 0 Å². The van der Waals surface area contributed by atoms with Crippen LogP contribution in [0.1, 0.15) is 121 Å². The molecule has 0 unspecified atom stereocenters. The summed E-state index contributed by atoms with van der Waals surface area (Å²) in [6.45, 7) is 13.2. The van der Waals surface area contributed by atoms with Crippen LogP contribution in [0.15, 0.2) is 146 Å². The number of hydrogen-bond donors (Lipinski definition) is 4. The summed E-state index contributed by atoms with van der Waals surface area (Å²) >= 11 is 0. The number of amides is 3. The second kappa shape index (κ2) is 31.2. The van der Waals surface area contributed by atoms with E-state index in [-0.39, 0.29) is 82.8 Å². The number of pyridine rings is 2. The number of rotatable bonds is 29. The minimum Gasteiger partial charge on any atom is -0.444 e. The van der Waals surface area contributed by atoms with Crippen LogP contribution >= 0.6 is 0 Å². The standard InChI is InChI=1S/C77H82N12O12/c1-7-97-45-61-80-68-70(87(61)47-76(3,4)95)55-23-11-14-26-58(55)78-73(68)82-63(90)41-36-49-32-37-52(38-33-49)100-65(92)30-18-17-29-64(91)86-43-51-21-9-10-22-54(51)72-67(57-25-13-16-28-60(57)86)84-85-89(72)42-20-19-31-66(93)101-53-39-34-50(35-40-53)44-99-75(94)83-74-69-71(56-24-12-15-27-59(56)79-74)88(48-77(5,6)96)62(81-69)46-98-8-2/h9-16,21-28,32-35,37-40,95-96H,7-8,17-20,29-31,36,41-48H2,1-6H3,(H,78,82,90)(H,79,83,94). The van der Waals surface area contributed by atoms with E-state index in [1.807, 2.05) is 137 Å². The predicted molar refractivity (Wildman–Crippen MR) is 383 cm³/mol. The maximum absolute atomic E-state index is 14.3. The summed E-state index contributed by atoms with van der Waals surface area (Å²) in [5, 5.41) is 38.5. The van der Waals surface area contributed by atoms with Gasteiger partial charge in [-0.05, 0) is 133 Å². The molecule has 11 aromatic rings. The molecule has 0 aliphatic carbocycles. The largest absolute Gasteiger partial charge is 0.444 e. The van der Waals surface area contributed by atoms with Crippen LogP contribution in [0.4, 0.5) is 22.1 Å². The minimum absolute atomic E-state index is 0.0772. The van der Waals surface area contributed by atoms with Gasteiger partial charge in [0.25, 0.3) is 0 Å². The van der Waals surface area contributed by atoms with E-state index in [0.29, 0.717) is 125 Å². The third-order valence-electron chi connectivity index (χ3n) is 17.2. The SMILES string of the molecule is CCOCc1nc2c(NC(=O)CCc3ccc(OC(=O)CCCCC(=O)N4Cc5ccccc5-c5c(nnn5CCCCC(=O)Oc5ccc(COC(=O)Nc6nc7ccccc7c7c6nc(COCC)n7CC(C)(C)O)cc5)-c5ccccc54)cc3)nc3ccccc3c2n1CC(C)(C)O. The average molecular weight is 1370 g/mol. The topological polar surface area (TPSA) is 291 Å². The molecular weight excluding hydrogens is 1280 g/mol. The first-order valence-electron chi connectivity index (χ1n) is 34.2. The van der Waals surface area contributed by atoms with Gasteiger partial charge in [0.2, 0.25) is 11.8 Å². The lowest BCUT2D eigenvalue weighted by Gasteiger charge is -2.28. The zero-order valence-corrected chi connectivity index (χ0v) is 57.5. The van der Waals surface area contributed by atoms with Crippen LogP contribution in [0.3, 0.4) is 0 Å². The zero-order valence-electron chi connectivity index (χ0n) is 57.5. The van der Waals surface area contributed by atoms with Crippen molar-refractivity contribution in [1.29, 1.82) is 0 Å². The lowest BCUT2D eigenvalue weighted by Crippen LogP contribution is -2.31. The van der Waals surface area contributed by atoms with Crippen LogP contribution in [0.5, 0.6) is 11.5 Å². The van der Waals surface area contributed by atoms with E-state index >= 15 is 0 Å². The molecule has 0 atom stereocenters. The number of anilines is 3. The molecule has 0 fully saturated rings. The Labute approximate surface area is 583 Å². The van der Waals surface area contributed by atoms with Crippen LogP contribution in [0, 0.1) is 0 Å². The summed E-state index contributed by atoms with van der Waals surface area (Å²) in [6.07, 6.45) is 2.21. The number of benzene rings is 6. The maximum atomic E-state index is 14.3. The molecule has 3 amide bonds. The minimum atomic E-state index is -1.08. The number of carbonyl (C=O) groups is 5. The van der Waals surface area contributed by atoms with Crippen molar-refractivity contribution >= 4 is 91.0 Å². The van der Waals surface area contributed by atoms with E-state index in [0.717, 1.165) is 44.2 Å². The van der Waals surface area contributed by atoms with Gasteiger partial charge in [0.05, 0.1) is 64.3 Å². The molecule has 0 saturated carbocycles. The Kier molecular flexibility index (Phi) is 21.6. The molecule has 24 nitrogen and oxygen atoms in total. The summed E-state index contributed by atoms with van der Waals surface area (Å²) in [4.78, 5) is 88.4. The van der Waals surface area contributed by atoms with Gasteiger partial charge in [-0.3, -0.25) is 24.5 Å². The van der Waals surface area contributed by atoms with Crippen molar-refractivity contribution in [3.05, 3.63) is 174 Å². The molecule has 0 radical (unpaired) electrons. The van der Waals surface area contributed by atoms with Gasteiger partial charge in [-0.1, -0.05) is 108 Å². The van der Waals surface area contributed by atoms with Crippen molar-refractivity contribution in [2.24, 2.45) is 0 Å². The molecule has 522 valence electrons. The monoisotopic (exact) mass is 1370 g/mol. The van der Waals surface area contributed by atoms with E-state index in [2.05, 4.69) is 15.8 Å². The van der Waals surface area contributed by atoms with E-state index < -0.39 is 29.2 Å². The first kappa shape index (κ1) is 70.1. The second-order valence-electron chi connectivity index (χ2n) is 26.3. The van der Waals surface area contributed by atoms with Crippen LogP contribution in [-0.2, 0) is 85.8 Å². The molecule has 6 heterocycles. The van der Waals surface area contributed by atoms with Crippen molar-refractivity contribution in [3.8, 4) is 34.0 Å². The van der Waals surface area contributed by atoms with E-state index in [9.17, 15) is 34.2 Å². The first-order valence-corrected chi connectivity index (χ1v) is 34.2. The number of aliphatic hydroxyl groups is 2. The molecule has 0 saturated heterocycles. The normalized spacial score (nSPS) is 12.3. The fraction of sp³-hybridized carbons (Fsp3) is 0.338. The summed E-state index contributed by atoms with van der Waals surface area (Å²) < 4.78 is 34.2. The molecule has 1 aliphatic rings. The lowest BCUT2D eigenvalue weighted by atomic mass is 9.95. The summed E-state index contributed by atoms with van der Waals surface area (Å²) in [7, 11) is 0. The average Bonchev–Trinajstić information content (AvgIpc) is 1.65. The van der Waals surface area contributed by atoms with Gasteiger partial charge < -0.3 is 53.2 Å². The Hall–Kier alpha value is -10.8. The number of imidazole rings is 2. The number of unbranched alkanes of at least 4 members (excludes halogenated alkanes) is 2. The number of fused-ring (bicyclic) bond motifs is 11. The van der Waals surface area contributed by atoms with Crippen LogP contribution in [0.2, 0.25) is 0 Å². The maximum Gasteiger partial charge on any atom is 0.413 e. The summed E-state index contributed by atoms with van der Waals surface area (Å²) in [5.74, 6) is 1.25.